The maximum absolute atomic E-state index is 11.4. The number of imide groups is 1. The van der Waals surface area contributed by atoms with Gasteiger partial charge in [0.05, 0.1) is 18.8 Å². The van der Waals surface area contributed by atoms with Gasteiger partial charge in [-0.05, 0) is 29.3 Å². The van der Waals surface area contributed by atoms with Gasteiger partial charge in [0.25, 0.3) is 0 Å². The maximum Gasteiger partial charge on any atom is 0.423 e. The third kappa shape index (κ3) is 3.36. The molecule has 9 nitrogen and oxygen atoms in total. The highest BCUT2D eigenvalue weighted by atomic mass is 79.9. The highest BCUT2D eigenvalue weighted by Crippen LogP contribution is 2.50. The average molecular weight is 466 g/mol. The third-order valence-electron chi connectivity index (χ3n) is 4.46. The summed E-state index contributed by atoms with van der Waals surface area (Å²) < 4.78 is 6.49. The van der Waals surface area contributed by atoms with Gasteiger partial charge in [-0.3, -0.25) is 0 Å². The highest BCUT2D eigenvalue weighted by Gasteiger charge is 2.54. The van der Waals surface area contributed by atoms with Crippen LogP contribution in [0.15, 0.2) is 15.0 Å². The van der Waals surface area contributed by atoms with Crippen LogP contribution in [0.4, 0.5) is 9.59 Å². The molecule has 0 aromatic carbocycles. The lowest BCUT2D eigenvalue weighted by Crippen LogP contribution is -2.56. The summed E-state index contributed by atoms with van der Waals surface area (Å²) in [7, 11) is 0. The lowest BCUT2D eigenvalue weighted by molar-refractivity contribution is -0.141. The number of ether oxygens (including phenoxy) is 1. The predicted octanol–water partition coefficient (Wildman–Crippen LogP) is 2.65. The van der Waals surface area contributed by atoms with E-state index >= 15 is 0 Å². The number of fused-ring (bicyclic) bond motifs is 1. The summed E-state index contributed by atoms with van der Waals surface area (Å²) in [4.78, 5) is 31.9. The molecule has 1 saturated heterocycles. The molecule has 0 spiro atoms. The molecule has 3 rings (SSSR count). The molecule has 0 saturated carbocycles. The molecular weight excluding hydrogens is 450 g/mol. The molecule has 26 heavy (non-hydrogen) atoms. The van der Waals surface area contributed by atoms with Gasteiger partial charge in [0.1, 0.15) is 15.1 Å². The summed E-state index contributed by atoms with van der Waals surface area (Å²) in [6.45, 7) is 1.73. The molecule has 0 radical (unpaired) electrons. The lowest BCUT2D eigenvalue weighted by atomic mass is 9.76. The number of aliphatic imine (C=N–C) groups is 1. The fourth-order valence-corrected chi connectivity index (χ4v) is 5.78. The maximum atomic E-state index is 11.4. The Morgan fingerprint density at radius 3 is 2.69 bits per heavy atom. The molecule has 2 aliphatic rings. The Kier molecular flexibility index (Phi) is 5.32. The first-order chi connectivity index (χ1) is 12.2. The van der Waals surface area contributed by atoms with Crippen molar-refractivity contribution in [2.24, 2.45) is 10.9 Å². The van der Waals surface area contributed by atoms with E-state index in [2.05, 4.69) is 25.9 Å². The normalized spacial score (nSPS) is 31.0. The van der Waals surface area contributed by atoms with Crippen LogP contribution in [0.5, 0.6) is 0 Å². The second-order valence-electron chi connectivity index (χ2n) is 6.30. The number of nitrogens with zero attached hydrogens (tertiary/aromatic N) is 3. The Balaban J connectivity index is 2.09. The van der Waals surface area contributed by atoms with Gasteiger partial charge in [0.15, 0.2) is 5.17 Å². The van der Waals surface area contributed by atoms with Gasteiger partial charge in [0, 0.05) is 17.1 Å². The predicted molar refractivity (Wildman–Crippen MR) is 98.8 cm³/mol. The van der Waals surface area contributed by atoms with E-state index in [0.717, 1.165) is 11.8 Å². The van der Waals surface area contributed by atoms with E-state index in [0.29, 0.717) is 21.8 Å². The van der Waals surface area contributed by atoms with E-state index in [1.54, 1.807) is 12.3 Å². The fourth-order valence-electron chi connectivity index (χ4n) is 3.06. The molecule has 1 fully saturated rings. The molecule has 142 valence electrons. The first kappa shape index (κ1) is 19.5. The van der Waals surface area contributed by atoms with E-state index in [1.165, 1.54) is 11.3 Å². The van der Waals surface area contributed by atoms with Gasteiger partial charge in [-0.1, -0.05) is 11.8 Å². The molecule has 12 heteroatoms. The number of aromatic nitrogens is 1. The van der Waals surface area contributed by atoms with Crippen LogP contribution < -0.4 is 0 Å². The van der Waals surface area contributed by atoms with Crippen molar-refractivity contribution in [2.75, 3.05) is 19.0 Å². The van der Waals surface area contributed by atoms with E-state index < -0.39 is 23.3 Å². The van der Waals surface area contributed by atoms with Gasteiger partial charge < -0.3 is 20.1 Å². The minimum atomic E-state index is -1.62. The van der Waals surface area contributed by atoms with Crippen LogP contribution in [0.1, 0.15) is 18.4 Å². The zero-order valence-corrected chi connectivity index (χ0v) is 16.8. The largest absolute Gasteiger partial charge is 0.464 e. The lowest BCUT2D eigenvalue weighted by Gasteiger charge is -2.48. The van der Waals surface area contributed by atoms with E-state index in [1.807, 2.05) is 0 Å². The summed E-state index contributed by atoms with van der Waals surface area (Å²) in [6, 6.07) is 0. The minimum Gasteiger partial charge on any atom is -0.464 e. The monoisotopic (exact) mass is 465 g/mol. The molecule has 2 amide bonds. The number of amidine groups is 1. The van der Waals surface area contributed by atoms with Crippen molar-refractivity contribution in [1.29, 1.82) is 0 Å². The quantitative estimate of drug-likeness (QED) is 0.606. The van der Waals surface area contributed by atoms with Crippen molar-refractivity contribution < 1.29 is 29.6 Å². The van der Waals surface area contributed by atoms with Crippen LogP contribution in [-0.2, 0) is 10.3 Å². The number of amides is 2. The number of thioether (sulfide) groups is 1. The molecule has 0 aliphatic carbocycles. The number of aliphatic hydroxyl groups is 1. The fraction of sp³-hybridized carbons (Fsp3) is 0.571. The van der Waals surface area contributed by atoms with E-state index in [-0.39, 0.29) is 29.2 Å². The topological polar surface area (TPSA) is 133 Å². The Labute approximate surface area is 165 Å². The van der Waals surface area contributed by atoms with Crippen LogP contribution >= 0.6 is 39.0 Å². The van der Waals surface area contributed by atoms with Crippen LogP contribution in [0.3, 0.4) is 0 Å². The standard InChI is InChI=1S/C14H16BrN3O6S2/c1-13(5-19)2-7-3-26-10(18(11(20)21)12(22)23)17-14(7,6-24-13)9-16-8(15)4-25-9/h4,7,19H,2-3,5-6H2,1H3,(H,20,21)(H,22,23)/t7-,13+,14-/m0/s1. The number of thiazole rings is 1. The van der Waals surface area contributed by atoms with Crippen molar-refractivity contribution >= 4 is 56.4 Å². The third-order valence-corrected chi connectivity index (χ3v) is 7.28. The van der Waals surface area contributed by atoms with Crippen molar-refractivity contribution in [2.45, 2.75) is 24.5 Å². The van der Waals surface area contributed by atoms with Crippen LogP contribution in [-0.4, -0.2) is 67.1 Å². The summed E-state index contributed by atoms with van der Waals surface area (Å²) in [5, 5.41) is 30.4. The van der Waals surface area contributed by atoms with Gasteiger partial charge in [0.2, 0.25) is 0 Å². The number of hydrogen-bond donors (Lipinski definition) is 3. The summed E-state index contributed by atoms with van der Waals surface area (Å²) in [5.41, 5.74) is -1.72. The van der Waals surface area contributed by atoms with Crippen molar-refractivity contribution in [1.82, 2.24) is 9.88 Å². The van der Waals surface area contributed by atoms with Gasteiger partial charge in [-0.2, -0.15) is 4.90 Å². The number of rotatable bonds is 2. The molecule has 2 aliphatic heterocycles. The molecule has 1 aromatic rings. The number of hydrogen-bond acceptors (Lipinski definition) is 8. The van der Waals surface area contributed by atoms with Crippen molar-refractivity contribution in [3.8, 4) is 0 Å². The Hall–Kier alpha value is -1.21. The molecular formula is C14H16BrN3O6S2. The molecule has 3 heterocycles. The zero-order valence-electron chi connectivity index (χ0n) is 13.6. The zero-order chi connectivity index (χ0) is 19.1. The van der Waals surface area contributed by atoms with Gasteiger partial charge in [-0.15, -0.1) is 11.3 Å². The van der Waals surface area contributed by atoms with Gasteiger partial charge in [-0.25, -0.2) is 19.6 Å². The van der Waals surface area contributed by atoms with Crippen molar-refractivity contribution in [3.63, 3.8) is 0 Å². The SMILES string of the molecule is C[C@]1(CO)C[C@H]2CSC(N(C(=O)O)C(=O)O)=N[C@@]2(c2nc(Br)cs2)CO1. The summed E-state index contributed by atoms with van der Waals surface area (Å²) >= 11 is 5.71. The highest BCUT2D eigenvalue weighted by molar-refractivity contribution is 9.10. The molecule has 1 aromatic heterocycles. The second kappa shape index (κ2) is 7.08. The molecule has 3 atom stereocenters. The Bertz CT molecular complexity index is 760. The Morgan fingerprint density at radius 1 is 1.46 bits per heavy atom. The van der Waals surface area contributed by atoms with Crippen LogP contribution in [0, 0.1) is 5.92 Å². The first-order valence-corrected chi connectivity index (χ1v) is 10.2. The van der Waals surface area contributed by atoms with Crippen molar-refractivity contribution in [3.05, 3.63) is 15.0 Å². The number of carbonyl (C=O) groups is 2. The number of halogens is 1. The number of carboxylic acid groups (broad SMARTS) is 2. The molecule has 0 bridgehead atoms. The van der Waals surface area contributed by atoms with E-state index in [4.69, 9.17) is 4.74 Å². The average Bonchev–Trinajstić information content (AvgIpc) is 3.01. The van der Waals surface area contributed by atoms with E-state index in [9.17, 15) is 24.9 Å². The molecule has 3 N–H and O–H groups in total. The van der Waals surface area contributed by atoms with Gasteiger partial charge >= 0.3 is 12.2 Å². The number of aliphatic hydroxyl groups excluding tert-OH is 1. The van der Waals surface area contributed by atoms with Crippen LogP contribution in [0.2, 0.25) is 0 Å². The smallest absolute Gasteiger partial charge is 0.423 e. The van der Waals surface area contributed by atoms with Crippen LogP contribution in [0.25, 0.3) is 0 Å². The minimum absolute atomic E-state index is 0.0752. The first-order valence-electron chi connectivity index (χ1n) is 7.56. The second-order valence-corrected chi connectivity index (χ2v) is 8.96. The Morgan fingerprint density at radius 2 is 2.15 bits per heavy atom. The molecule has 0 unspecified atom stereocenters. The summed E-state index contributed by atoms with van der Waals surface area (Å²) in [6.07, 6.45) is -2.74. The summed E-state index contributed by atoms with van der Waals surface area (Å²) in [5.74, 6) is 0.344.